The third-order valence-corrected chi connectivity index (χ3v) is 3.31. The fourth-order valence-corrected chi connectivity index (χ4v) is 2.18. The topological polar surface area (TPSA) is 29.9 Å². The van der Waals surface area contributed by atoms with Gasteiger partial charge in [0.25, 0.3) is 0 Å². The van der Waals surface area contributed by atoms with Crippen LogP contribution >= 0.6 is 0 Å². The zero-order valence-electron chi connectivity index (χ0n) is 11.7. The van der Waals surface area contributed by atoms with Crippen LogP contribution in [0.1, 0.15) is 11.1 Å². The van der Waals surface area contributed by atoms with Crippen molar-refractivity contribution in [3.63, 3.8) is 0 Å². The summed E-state index contributed by atoms with van der Waals surface area (Å²) in [5.41, 5.74) is 4.63. The molecule has 3 rings (SSSR count). The Morgan fingerprint density at radius 1 is 1.00 bits per heavy atom. The van der Waals surface area contributed by atoms with Crippen LogP contribution in [0.5, 0.6) is 0 Å². The monoisotopic (exact) mass is 263 g/mol. The van der Waals surface area contributed by atoms with E-state index in [1.165, 1.54) is 11.1 Å². The molecule has 0 fully saturated rings. The zero-order chi connectivity index (χ0) is 13.9. The van der Waals surface area contributed by atoms with E-state index in [1.807, 2.05) is 29.0 Å². The highest BCUT2D eigenvalue weighted by Crippen LogP contribution is 2.22. The predicted octanol–water partition coefficient (Wildman–Crippen LogP) is 4.23. The Labute approximate surface area is 118 Å². The highest BCUT2D eigenvalue weighted by molar-refractivity contribution is 5.61. The van der Waals surface area contributed by atoms with Gasteiger partial charge in [-0.25, -0.2) is 4.98 Å². The summed E-state index contributed by atoms with van der Waals surface area (Å²) >= 11 is 0. The van der Waals surface area contributed by atoms with E-state index in [1.54, 1.807) is 6.20 Å². The first-order valence-electron chi connectivity index (χ1n) is 6.67. The number of rotatable bonds is 3. The molecule has 0 aliphatic heterocycles. The van der Waals surface area contributed by atoms with Crippen molar-refractivity contribution in [1.82, 2.24) is 9.55 Å². The van der Waals surface area contributed by atoms with Crippen molar-refractivity contribution < 1.29 is 0 Å². The van der Waals surface area contributed by atoms with Gasteiger partial charge in [-0.05, 0) is 43.2 Å². The molecule has 1 N–H and O–H groups in total. The highest BCUT2D eigenvalue weighted by atomic mass is 15.2. The number of aromatic nitrogens is 2. The van der Waals surface area contributed by atoms with Crippen LogP contribution in [0.3, 0.4) is 0 Å². The first kappa shape index (κ1) is 12.5. The van der Waals surface area contributed by atoms with Crippen LogP contribution in [-0.2, 0) is 0 Å². The minimum absolute atomic E-state index is 0.824. The molecule has 0 radical (unpaired) electrons. The number of nitrogens with zero attached hydrogens (tertiary/aromatic N) is 2. The second kappa shape index (κ2) is 5.21. The van der Waals surface area contributed by atoms with Crippen LogP contribution in [-0.4, -0.2) is 9.55 Å². The third kappa shape index (κ3) is 2.43. The fourth-order valence-electron chi connectivity index (χ4n) is 2.18. The summed E-state index contributed by atoms with van der Waals surface area (Å²) in [6, 6.07) is 16.6. The number of benzene rings is 2. The van der Waals surface area contributed by atoms with Crippen LogP contribution in [0, 0.1) is 13.8 Å². The van der Waals surface area contributed by atoms with Crippen LogP contribution in [0.2, 0.25) is 0 Å². The van der Waals surface area contributed by atoms with Crippen LogP contribution < -0.4 is 5.32 Å². The summed E-state index contributed by atoms with van der Waals surface area (Å²) < 4.78 is 2.04. The Morgan fingerprint density at radius 3 is 2.60 bits per heavy atom. The maximum Gasteiger partial charge on any atom is 0.212 e. The first-order chi connectivity index (χ1) is 9.74. The van der Waals surface area contributed by atoms with Crippen LogP contribution in [0.4, 0.5) is 11.6 Å². The van der Waals surface area contributed by atoms with Crippen molar-refractivity contribution in [2.24, 2.45) is 0 Å². The van der Waals surface area contributed by atoms with E-state index in [-0.39, 0.29) is 0 Å². The molecular formula is C17H17N3. The molecule has 0 aliphatic rings. The van der Waals surface area contributed by atoms with Gasteiger partial charge in [0.05, 0.1) is 0 Å². The maximum atomic E-state index is 4.41. The highest BCUT2D eigenvalue weighted by Gasteiger charge is 2.06. The molecule has 3 nitrogen and oxygen atoms in total. The van der Waals surface area contributed by atoms with Gasteiger partial charge < -0.3 is 5.32 Å². The van der Waals surface area contributed by atoms with Crippen LogP contribution in [0.25, 0.3) is 5.69 Å². The smallest absolute Gasteiger partial charge is 0.212 e. The van der Waals surface area contributed by atoms with E-state index >= 15 is 0 Å². The molecule has 2 aromatic carbocycles. The molecule has 0 amide bonds. The van der Waals surface area contributed by atoms with E-state index in [0.717, 1.165) is 17.3 Å². The SMILES string of the molecule is Cc1ccc(C)c(Nc2nccn2-c2ccccc2)c1. The second-order valence-corrected chi connectivity index (χ2v) is 4.90. The van der Waals surface area contributed by atoms with Gasteiger partial charge in [-0.1, -0.05) is 30.3 Å². The van der Waals surface area contributed by atoms with Gasteiger partial charge >= 0.3 is 0 Å². The van der Waals surface area contributed by atoms with Crippen molar-refractivity contribution in [3.05, 3.63) is 72.1 Å². The van der Waals surface area contributed by atoms with E-state index in [0.29, 0.717) is 0 Å². The maximum absolute atomic E-state index is 4.41. The molecule has 0 unspecified atom stereocenters. The molecule has 100 valence electrons. The largest absolute Gasteiger partial charge is 0.325 e. The summed E-state index contributed by atoms with van der Waals surface area (Å²) in [5, 5.41) is 3.41. The molecule has 0 atom stereocenters. The fraction of sp³-hybridized carbons (Fsp3) is 0.118. The molecule has 3 aromatic rings. The first-order valence-corrected chi connectivity index (χ1v) is 6.67. The number of aryl methyl sites for hydroxylation is 2. The van der Waals surface area contributed by atoms with Gasteiger partial charge in [-0.2, -0.15) is 0 Å². The Balaban J connectivity index is 1.97. The Bertz CT molecular complexity index is 714. The van der Waals surface area contributed by atoms with Crippen molar-refractivity contribution in [3.8, 4) is 5.69 Å². The number of hydrogen-bond acceptors (Lipinski definition) is 2. The zero-order valence-corrected chi connectivity index (χ0v) is 11.7. The number of anilines is 2. The number of nitrogens with one attached hydrogen (secondary N) is 1. The lowest BCUT2D eigenvalue weighted by molar-refractivity contribution is 1.06. The van der Waals surface area contributed by atoms with Gasteiger partial charge in [0.2, 0.25) is 5.95 Å². The molecule has 20 heavy (non-hydrogen) atoms. The molecule has 0 saturated heterocycles. The lowest BCUT2D eigenvalue weighted by Gasteiger charge is -2.12. The molecule has 0 spiro atoms. The van der Waals surface area contributed by atoms with Crippen LogP contribution in [0.15, 0.2) is 60.9 Å². The molecule has 0 aliphatic carbocycles. The van der Waals surface area contributed by atoms with E-state index in [4.69, 9.17) is 0 Å². The summed E-state index contributed by atoms with van der Waals surface area (Å²) in [6.07, 6.45) is 3.77. The molecule has 1 aromatic heterocycles. The van der Waals surface area contributed by atoms with Crippen molar-refractivity contribution in [1.29, 1.82) is 0 Å². The van der Waals surface area contributed by atoms with Crippen molar-refractivity contribution in [2.45, 2.75) is 13.8 Å². The standard InChI is InChI=1S/C17H17N3/c1-13-8-9-14(2)16(12-13)19-17-18-10-11-20(17)15-6-4-3-5-7-15/h3-12H,1-2H3,(H,18,19). The third-order valence-electron chi connectivity index (χ3n) is 3.31. The molecule has 0 bridgehead atoms. The van der Waals surface area contributed by atoms with Crippen molar-refractivity contribution in [2.75, 3.05) is 5.32 Å². The van der Waals surface area contributed by atoms with Gasteiger partial charge in [-0.3, -0.25) is 4.57 Å². The number of imidazole rings is 1. The molecule has 3 heteroatoms. The minimum atomic E-state index is 0.824. The lowest BCUT2D eigenvalue weighted by Crippen LogP contribution is -2.02. The van der Waals surface area contributed by atoms with Gasteiger partial charge in [0, 0.05) is 23.8 Å². The minimum Gasteiger partial charge on any atom is -0.325 e. The average Bonchev–Trinajstić information content (AvgIpc) is 2.92. The summed E-state index contributed by atoms with van der Waals surface area (Å²) in [4.78, 5) is 4.41. The normalized spacial score (nSPS) is 10.5. The summed E-state index contributed by atoms with van der Waals surface area (Å²) in [6.45, 7) is 4.19. The lowest BCUT2D eigenvalue weighted by atomic mass is 10.1. The Kier molecular flexibility index (Phi) is 3.25. The summed E-state index contributed by atoms with van der Waals surface area (Å²) in [7, 11) is 0. The molecule has 1 heterocycles. The van der Waals surface area contributed by atoms with E-state index < -0.39 is 0 Å². The number of para-hydroxylation sites is 1. The van der Waals surface area contributed by atoms with Gasteiger partial charge in [-0.15, -0.1) is 0 Å². The summed E-state index contributed by atoms with van der Waals surface area (Å²) in [5.74, 6) is 0.824. The Morgan fingerprint density at radius 2 is 1.80 bits per heavy atom. The predicted molar refractivity (Wildman–Crippen MR) is 82.8 cm³/mol. The van der Waals surface area contributed by atoms with E-state index in [2.05, 4.69) is 54.5 Å². The van der Waals surface area contributed by atoms with Gasteiger partial charge in [0.15, 0.2) is 0 Å². The quantitative estimate of drug-likeness (QED) is 0.766. The molecular weight excluding hydrogens is 246 g/mol. The Hall–Kier alpha value is -2.55. The van der Waals surface area contributed by atoms with E-state index in [9.17, 15) is 0 Å². The second-order valence-electron chi connectivity index (χ2n) is 4.90. The van der Waals surface area contributed by atoms with Gasteiger partial charge in [0.1, 0.15) is 0 Å². The average molecular weight is 263 g/mol. The number of hydrogen-bond donors (Lipinski definition) is 1. The van der Waals surface area contributed by atoms with Crippen molar-refractivity contribution >= 4 is 11.6 Å². The molecule has 0 saturated carbocycles.